The van der Waals surface area contributed by atoms with Crippen molar-refractivity contribution < 1.29 is 19.1 Å². The predicted molar refractivity (Wildman–Crippen MR) is 127 cm³/mol. The summed E-state index contributed by atoms with van der Waals surface area (Å²) in [7, 11) is 1.32. The van der Waals surface area contributed by atoms with Crippen molar-refractivity contribution >= 4 is 41.1 Å². The van der Waals surface area contributed by atoms with Gasteiger partial charge in [-0.05, 0) is 63.1 Å². The van der Waals surface area contributed by atoms with Crippen molar-refractivity contribution in [1.29, 1.82) is 0 Å². The maximum absolute atomic E-state index is 12.2. The minimum atomic E-state index is -0.425. The first-order chi connectivity index (χ1) is 15.9. The van der Waals surface area contributed by atoms with E-state index in [2.05, 4.69) is 30.5 Å². The van der Waals surface area contributed by atoms with Crippen LogP contribution in [0.15, 0.2) is 41.4 Å². The molecule has 2 amide bonds. The Morgan fingerprint density at radius 2 is 1.79 bits per heavy atom. The molecule has 0 radical (unpaired) electrons. The van der Waals surface area contributed by atoms with Crippen LogP contribution in [0.3, 0.4) is 0 Å². The summed E-state index contributed by atoms with van der Waals surface area (Å²) >= 11 is 1.29. The van der Waals surface area contributed by atoms with Crippen molar-refractivity contribution in [2.24, 2.45) is 5.92 Å². The van der Waals surface area contributed by atoms with Crippen LogP contribution in [0.1, 0.15) is 37.0 Å². The van der Waals surface area contributed by atoms with E-state index in [1.807, 2.05) is 26.0 Å². The van der Waals surface area contributed by atoms with Crippen molar-refractivity contribution in [3.05, 3.63) is 42.0 Å². The standard InChI is InChI=1S/C23H29N5O4S/c1-15(2)24-22(30)16-10-12-28(13-11-16)19-8-9-21(27-26-19)33-14-20(29)25-18-6-4-17(5-7-18)23(31)32-3/h4-9,15-16H,10-14H2,1-3H3,(H,24,30)(H,25,29). The molecule has 1 aromatic heterocycles. The molecular formula is C23H29N5O4S. The van der Waals surface area contributed by atoms with Crippen molar-refractivity contribution in [2.45, 2.75) is 37.8 Å². The van der Waals surface area contributed by atoms with Gasteiger partial charge in [0.15, 0.2) is 5.82 Å². The van der Waals surface area contributed by atoms with E-state index in [4.69, 9.17) is 0 Å². The number of esters is 1. The number of piperidine rings is 1. The minimum absolute atomic E-state index is 0.0432. The molecule has 0 atom stereocenters. The molecule has 1 fully saturated rings. The predicted octanol–water partition coefficient (Wildman–Crippen LogP) is 2.74. The van der Waals surface area contributed by atoms with Crippen LogP contribution in [0.5, 0.6) is 0 Å². The Morgan fingerprint density at radius 1 is 1.09 bits per heavy atom. The van der Waals surface area contributed by atoms with Crippen LogP contribution in [-0.4, -0.2) is 60.0 Å². The molecule has 0 aliphatic carbocycles. The topological polar surface area (TPSA) is 114 Å². The first-order valence-electron chi connectivity index (χ1n) is 10.9. The number of anilines is 2. The summed E-state index contributed by atoms with van der Waals surface area (Å²) in [6.07, 6.45) is 1.58. The summed E-state index contributed by atoms with van der Waals surface area (Å²) in [5, 5.41) is 14.9. The lowest BCUT2D eigenvalue weighted by molar-refractivity contribution is -0.126. The highest BCUT2D eigenvalue weighted by atomic mass is 32.2. The van der Waals surface area contributed by atoms with Gasteiger partial charge in [0, 0.05) is 30.7 Å². The van der Waals surface area contributed by atoms with Gasteiger partial charge < -0.3 is 20.3 Å². The summed E-state index contributed by atoms with van der Waals surface area (Å²) in [5.74, 6) is 0.521. The average molecular weight is 472 g/mol. The highest BCUT2D eigenvalue weighted by Gasteiger charge is 2.26. The largest absolute Gasteiger partial charge is 0.465 e. The molecule has 0 unspecified atom stereocenters. The molecule has 176 valence electrons. The zero-order valence-electron chi connectivity index (χ0n) is 19.0. The van der Waals surface area contributed by atoms with Crippen LogP contribution in [-0.2, 0) is 14.3 Å². The monoisotopic (exact) mass is 471 g/mol. The number of thioether (sulfide) groups is 1. The summed E-state index contributed by atoms with van der Waals surface area (Å²) in [4.78, 5) is 38.0. The van der Waals surface area contributed by atoms with Crippen molar-refractivity contribution in [1.82, 2.24) is 15.5 Å². The quantitative estimate of drug-likeness (QED) is 0.446. The molecule has 2 N–H and O–H groups in total. The Labute approximate surface area is 197 Å². The van der Waals surface area contributed by atoms with E-state index >= 15 is 0 Å². The highest BCUT2D eigenvalue weighted by Crippen LogP contribution is 2.23. The first-order valence-corrected chi connectivity index (χ1v) is 11.8. The van der Waals surface area contributed by atoms with E-state index in [1.165, 1.54) is 18.9 Å². The number of benzene rings is 1. The number of nitrogens with one attached hydrogen (secondary N) is 2. The van der Waals surface area contributed by atoms with Crippen molar-refractivity contribution in [3.63, 3.8) is 0 Å². The zero-order chi connectivity index (χ0) is 23.8. The lowest BCUT2D eigenvalue weighted by Crippen LogP contribution is -2.42. The molecule has 2 heterocycles. The zero-order valence-corrected chi connectivity index (χ0v) is 19.9. The highest BCUT2D eigenvalue weighted by molar-refractivity contribution is 7.99. The number of carbonyl (C=O) groups excluding carboxylic acids is 3. The van der Waals surface area contributed by atoms with Gasteiger partial charge in [-0.15, -0.1) is 10.2 Å². The maximum Gasteiger partial charge on any atom is 0.337 e. The van der Waals surface area contributed by atoms with Gasteiger partial charge in [0.25, 0.3) is 0 Å². The van der Waals surface area contributed by atoms with Gasteiger partial charge in [-0.3, -0.25) is 9.59 Å². The van der Waals surface area contributed by atoms with Crippen LogP contribution in [0, 0.1) is 5.92 Å². The molecule has 1 saturated heterocycles. The molecule has 1 aromatic carbocycles. The fourth-order valence-corrected chi connectivity index (χ4v) is 4.09. The van der Waals surface area contributed by atoms with Crippen LogP contribution < -0.4 is 15.5 Å². The summed E-state index contributed by atoms with van der Waals surface area (Å²) < 4.78 is 4.66. The van der Waals surface area contributed by atoms with Crippen LogP contribution in [0.2, 0.25) is 0 Å². The molecule has 10 heteroatoms. The molecule has 0 spiro atoms. The number of amides is 2. The molecule has 0 saturated carbocycles. The average Bonchev–Trinajstić information content (AvgIpc) is 2.83. The van der Waals surface area contributed by atoms with Gasteiger partial charge >= 0.3 is 5.97 Å². The molecule has 9 nitrogen and oxygen atoms in total. The molecule has 1 aliphatic heterocycles. The maximum atomic E-state index is 12.2. The Morgan fingerprint density at radius 3 is 2.36 bits per heavy atom. The lowest BCUT2D eigenvalue weighted by Gasteiger charge is -2.32. The van der Waals surface area contributed by atoms with Gasteiger partial charge in [-0.25, -0.2) is 4.79 Å². The fraction of sp³-hybridized carbons (Fsp3) is 0.435. The second kappa shape index (κ2) is 11.6. The first kappa shape index (κ1) is 24.5. The second-order valence-electron chi connectivity index (χ2n) is 8.06. The lowest BCUT2D eigenvalue weighted by atomic mass is 9.95. The number of hydrogen-bond acceptors (Lipinski definition) is 8. The Kier molecular flexibility index (Phi) is 8.65. The van der Waals surface area contributed by atoms with E-state index in [-0.39, 0.29) is 29.5 Å². The number of nitrogens with zero attached hydrogens (tertiary/aromatic N) is 3. The summed E-state index contributed by atoms with van der Waals surface area (Å²) in [6, 6.07) is 10.4. The minimum Gasteiger partial charge on any atom is -0.465 e. The molecule has 0 bridgehead atoms. The normalized spacial score (nSPS) is 14.1. The Bertz CT molecular complexity index is 958. The number of ether oxygens (including phenoxy) is 1. The van der Waals surface area contributed by atoms with Gasteiger partial charge in [0.1, 0.15) is 5.03 Å². The van der Waals surface area contributed by atoms with E-state index < -0.39 is 5.97 Å². The number of carbonyl (C=O) groups is 3. The Balaban J connectivity index is 1.44. The van der Waals surface area contributed by atoms with Crippen LogP contribution >= 0.6 is 11.8 Å². The number of hydrogen-bond donors (Lipinski definition) is 2. The Hall–Kier alpha value is -3.14. The van der Waals surface area contributed by atoms with Gasteiger partial charge in [0.05, 0.1) is 18.4 Å². The molecule has 33 heavy (non-hydrogen) atoms. The van der Waals surface area contributed by atoms with Gasteiger partial charge in [-0.2, -0.15) is 0 Å². The van der Waals surface area contributed by atoms with E-state index in [1.54, 1.807) is 24.3 Å². The number of rotatable bonds is 8. The summed E-state index contributed by atoms with van der Waals surface area (Å²) in [5.41, 5.74) is 1.02. The number of methoxy groups -OCH3 is 1. The van der Waals surface area contributed by atoms with Crippen molar-refractivity contribution in [3.8, 4) is 0 Å². The van der Waals surface area contributed by atoms with E-state index in [9.17, 15) is 14.4 Å². The van der Waals surface area contributed by atoms with E-state index in [0.29, 0.717) is 16.3 Å². The molecule has 1 aliphatic rings. The molecule has 3 rings (SSSR count). The molecular weight excluding hydrogens is 442 g/mol. The van der Waals surface area contributed by atoms with Crippen molar-refractivity contribution in [2.75, 3.05) is 36.2 Å². The van der Waals surface area contributed by atoms with E-state index in [0.717, 1.165) is 31.7 Å². The smallest absolute Gasteiger partial charge is 0.337 e. The molecule has 2 aromatic rings. The fourth-order valence-electron chi connectivity index (χ4n) is 3.48. The summed E-state index contributed by atoms with van der Waals surface area (Å²) in [6.45, 7) is 5.45. The second-order valence-corrected chi connectivity index (χ2v) is 9.06. The third-order valence-corrected chi connectivity index (χ3v) is 6.11. The van der Waals surface area contributed by atoms with Crippen LogP contribution in [0.4, 0.5) is 11.5 Å². The SMILES string of the molecule is COC(=O)c1ccc(NC(=O)CSc2ccc(N3CCC(C(=O)NC(C)C)CC3)nn2)cc1. The van der Waals surface area contributed by atoms with Gasteiger partial charge in [0.2, 0.25) is 11.8 Å². The van der Waals surface area contributed by atoms with Crippen LogP contribution in [0.25, 0.3) is 0 Å². The third-order valence-electron chi connectivity index (χ3n) is 5.19. The number of aromatic nitrogens is 2. The third kappa shape index (κ3) is 7.18. The van der Waals surface area contributed by atoms with Gasteiger partial charge in [-0.1, -0.05) is 11.8 Å².